The van der Waals surface area contributed by atoms with Gasteiger partial charge in [0.2, 0.25) is 0 Å². The topological polar surface area (TPSA) is 96.3 Å². The van der Waals surface area contributed by atoms with Crippen LogP contribution in [0.1, 0.15) is 57.0 Å². The van der Waals surface area contributed by atoms with E-state index in [1.54, 1.807) is 10.9 Å². The van der Waals surface area contributed by atoms with Crippen LogP contribution in [0, 0.1) is 6.92 Å². The summed E-state index contributed by atoms with van der Waals surface area (Å²) in [5, 5.41) is 16.9. The first-order chi connectivity index (χ1) is 21.7. The van der Waals surface area contributed by atoms with Crippen molar-refractivity contribution < 1.29 is 9.53 Å². The standard InChI is InChI=1S/C36H45N7O2/c1-25-12-13-28(24-38-25)43-34(23-33(41-43)36(2,3)4)40-35(44)39-32-15-14-29(30-10-5-6-11-31(30)32)26-8-7-9-27(22-26)37-16-17-42-18-20-45-21-19-42/h5-6,10-15,22-24,27,37H,7-9,16-21H2,1-4H3,(H2,39,40,44). The molecule has 0 radical (unpaired) electrons. The highest BCUT2D eigenvalue weighted by Crippen LogP contribution is 2.35. The van der Waals surface area contributed by atoms with Gasteiger partial charge in [0.25, 0.3) is 0 Å². The lowest BCUT2D eigenvalue weighted by atomic mass is 9.88. The van der Waals surface area contributed by atoms with Gasteiger partial charge in [-0.1, -0.05) is 57.2 Å². The van der Waals surface area contributed by atoms with Crippen molar-refractivity contribution in [3.8, 4) is 5.69 Å². The third kappa shape index (κ3) is 7.44. The van der Waals surface area contributed by atoms with Crippen molar-refractivity contribution in [1.29, 1.82) is 0 Å². The molecule has 2 aromatic heterocycles. The number of urea groups is 1. The molecule has 1 saturated heterocycles. The number of anilines is 2. The van der Waals surface area contributed by atoms with E-state index in [-0.39, 0.29) is 11.4 Å². The molecule has 2 aromatic carbocycles. The summed E-state index contributed by atoms with van der Waals surface area (Å²) in [4.78, 5) is 20.4. The SMILES string of the molecule is Cc1ccc(-n2nc(C(C)(C)C)cc2NC(=O)Nc2ccc(C3=CC(NCCN4CCOCC4)CCC3)c3ccccc23)cn1. The van der Waals surface area contributed by atoms with E-state index >= 15 is 0 Å². The van der Waals surface area contributed by atoms with Crippen molar-refractivity contribution in [2.75, 3.05) is 50.0 Å². The number of nitrogens with one attached hydrogen (secondary N) is 3. The molecule has 3 N–H and O–H groups in total. The van der Waals surface area contributed by atoms with E-state index in [2.05, 4.69) is 76.9 Å². The summed E-state index contributed by atoms with van der Waals surface area (Å²) >= 11 is 0. The Kier molecular flexibility index (Phi) is 9.30. The van der Waals surface area contributed by atoms with Gasteiger partial charge in [-0.05, 0) is 60.9 Å². The molecule has 9 heteroatoms. The van der Waals surface area contributed by atoms with Gasteiger partial charge in [-0.15, -0.1) is 0 Å². The van der Waals surface area contributed by atoms with Crippen LogP contribution in [0.15, 0.2) is 66.9 Å². The van der Waals surface area contributed by atoms with Crippen molar-refractivity contribution in [1.82, 2.24) is 25.0 Å². The quantitative estimate of drug-likeness (QED) is 0.211. The van der Waals surface area contributed by atoms with E-state index in [9.17, 15) is 4.79 Å². The number of morpholine rings is 1. The van der Waals surface area contributed by atoms with Crippen LogP contribution in [0.3, 0.4) is 0 Å². The first-order valence-electron chi connectivity index (χ1n) is 16.1. The van der Waals surface area contributed by atoms with Gasteiger partial charge in [-0.25, -0.2) is 9.48 Å². The Morgan fingerprint density at radius 2 is 1.82 bits per heavy atom. The first-order valence-corrected chi connectivity index (χ1v) is 16.1. The Labute approximate surface area is 266 Å². The van der Waals surface area contributed by atoms with Gasteiger partial charge in [0.15, 0.2) is 0 Å². The number of carbonyl (C=O) groups is 1. The summed E-state index contributed by atoms with van der Waals surface area (Å²) in [6.07, 6.45) is 7.54. The Morgan fingerprint density at radius 1 is 1.02 bits per heavy atom. The lowest BCUT2D eigenvalue weighted by Crippen LogP contribution is -2.42. The number of hydrogen-bond acceptors (Lipinski definition) is 6. The largest absolute Gasteiger partial charge is 0.379 e. The van der Waals surface area contributed by atoms with Crippen LogP contribution in [0.5, 0.6) is 0 Å². The van der Waals surface area contributed by atoms with Crippen molar-refractivity contribution in [2.45, 2.75) is 58.4 Å². The number of carbonyl (C=O) groups excluding carboxylic acids is 1. The van der Waals surface area contributed by atoms with E-state index in [0.29, 0.717) is 11.9 Å². The number of nitrogens with zero attached hydrogens (tertiary/aromatic N) is 4. The minimum Gasteiger partial charge on any atom is -0.379 e. The van der Waals surface area contributed by atoms with E-state index in [1.807, 2.05) is 37.3 Å². The van der Waals surface area contributed by atoms with Crippen LogP contribution in [-0.4, -0.2) is 71.1 Å². The van der Waals surface area contributed by atoms with Gasteiger partial charge in [-0.2, -0.15) is 5.10 Å². The van der Waals surface area contributed by atoms with Gasteiger partial charge in [-0.3, -0.25) is 15.2 Å². The highest BCUT2D eigenvalue weighted by molar-refractivity contribution is 6.08. The van der Waals surface area contributed by atoms with Crippen LogP contribution >= 0.6 is 0 Å². The molecule has 0 spiro atoms. The number of benzene rings is 2. The third-order valence-corrected chi connectivity index (χ3v) is 8.68. The fourth-order valence-electron chi connectivity index (χ4n) is 6.12. The molecule has 2 aliphatic rings. The second kappa shape index (κ2) is 13.5. The molecule has 45 heavy (non-hydrogen) atoms. The van der Waals surface area contributed by atoms with Gasteiger partial charge in [0, 0.05) is 54.8 Å². The zero-order valence-electron chi connectivity index (χ0n) is 26.9. The Morgan fingerprint density at radius 3 is 2.58 bits per heavy atom. The molecule has 1 unspecified atom stereocenters. The molecule has 2 amide bonds. The molecule has 4 aromatic rings. The number of hydrogen-bond donors (Lipinski definition) is 3. The van der Waals surface area contributed by atoms with E-state index in [1.165, 1.54) is 11.1 Å². The smallest absolute Gasteiger partial charge is 0.324 e. The van der Waals surface area contributed by atoms with Gasteiger partial charge in [0.05, 0.1) is 36.5 Å². The van der Waals surface area contributed by atoms with Gasteiger partial charge >= 0.3 is 6.03 Å². The highest BCUT2D eigenvalue weighted by Gasteiger charge is 2.23. The summed E-state index contributed by atoms with van der Waals surface area (Å²) in [7, 11) is 0. The lowest BCUT2D eigenvalue weighted by molar-refractivity contribution is 0.0382. The number of amides is 2. The second-order valence-electron chi connectivity index (χ2n) is 13.1. The maximum Gasteiger partial charge on any atom is 0.324 e. The normalized spacial score (nSPS) is 17.7. The molecule has 9 nitrogen and oxygen atoms in total. The predicted molar refractivity (Wildman–Crippen MR) is 182 cm³/mol. The van der Waals surface area contributed by atoms with Crippen molar-refractivity contribution in [3.05, 3.63) is 83.8 Å². The van der Waals surface area contributed by atoms with Gasteiger partial charge < -0.3 is 15.4 Å². The summed E-state index contributed by atoms with van der Waals surface area (Å²) in [5.41, 5.74) is 5.76. The summed E-state index contributed by atoms with van der Waals surface area (Å²) in [6, 6.07) is 18.4. The predicted octanol–water partition coefficient (Wildman–Crippen LogP) is 6.53. The number of rotatable bonds is 8. The lowest BCUT2D eigenvalue weighted by Gasteiger charge is -2.28. The Hall–Kier alpha value is -4.05. The Bertz CT molecular complexity index is 1660. The Balaban J connectivity index is 1.19. The minimum absolute atomic E-state index is 0.187. The molecule has 236 valence electrons. The monoisotopic (exact) mass is 607 g/mol. The molecule has 1 fully saturated rings. The van der Waals surface area contributed by atoms with Crippen LogP contribution in [0.2, 0.25) is 0 Å². The maximum atomic E-state index is 13.5. The van der Waals surface area contributed by atoms with Crippen LogP contribution in [0.4, 0.5) is 16.3 Å². The van der Waals surface area contributed by atoms with Crippen LogP contribution in [-0.2, 0) is 10.2 Å². The van der Waals surface area contributed by atoms with Crippen LogP contribution in [0.25, 0.3) is 22.0 Å². The number of aromatic nitrogens is 3. The molecule has 1 aliphatic heterocycles. The minimum atomic E-state index is -0.323. The number of fused-ring (bicyclic) bond motifs is 1. The molecule has 1 atom stereocenters. The summed E-state index contributed by atoms with van der Waals surface area (Å²) < 4.78 is 7.23. The van der Waals surface area contributed by atoms with Crippen molar-refractivity contribution in [3.63, 3.8) is 0 Å². The van der Waals surface area contributed by atoms with Crippen molar-refractivity contribution >= 4 is 33.9 Å². The molecule has 0 bridgehead atoms. The van der Waals surface area contributed by atoms with E-state index in [0.717, 1.165) is 92.2 Å². The zero-order valence-corrected chi connectivity index (χ0v) is 26.9. The molecular weight excluding hydrogens is 562 g/mol. The average molecular weight is 608 g/mol. The molecular formula is C36H45N7O2. The van der Waals surface area contributed by atoms with E-state index in [4.69, 9.17) is 9.84 Å². The number of allylic oxidation sites excluding steroid dienone is 1. The van der Waals surface area contributed by atoms with Crippen molar-refractivity contribution in [2.24, 2.45) is 0 Å². The number of pyridine rings is 1. The summed E-state index contributed by atoms with van der Waals surface area (Å²) in [5.74, 6) is 0.587. The zero-order chi connectivity index (χ0) is 31.4. The molecule has 3 heterocycles. The van der Waals surface area contributed by atoms with Gasteiger partial charge in [0.1, 0.15) is 5.82 Å². The maximum absolute atomic E-state index is 13.5. The highest BCUT2D eigenvalue weighted by atomic mass is 16.5. The van der Waals surface area contributed by atoms with Crippen LogP contribution < -0.4 is 16.0 Å². The second-order valence-corrected chi connectivity index (χ2v) is 13.1. The molecule has 1 aliphatic carbocycles. The molecule has 0 saturated carbocycles. The first kappa shape index (κ1) is 31.0. The summed E-state index contributed by atoms with van der Waals surface area (Å²) in [6.45, 7) is 14.0. The number of aryl methyl sites for hydroxylation is 1. The third-order valence-electron chi connectivity index (χ3n) is 8.68. The fourth-order valence-corrected chi connectivity index (χ4v) is 6.12. The van der Waals surface area contributed by atoms with E-state index < -0.39 is 0 Å². The average Bonchev–Trinajstić information content (AvgIpc) is 3.46. The molecule has 6 rings (SSSR count). The fraction of sp³-hybridized carbons (Fsp3) is 0.417. The number of ether oxygens (including phenoxy) is 1.